The van der Waals surface area contributed by atoms with Crippen LogP contribution in [0.2, 0.25) is 0 Å². The minimum atomic E-state index is -0.627. The summed E-state index contributed by atoms with van der Waals surface area (Å²) in [5.41, 5.74) is -0.00380. The van der Waals surface area contributed by atoms with E-state index in [1.165, 1.54) is 4.90 Å². The van der Waals surface area contributed by atoms with Crippen molar-refractivity contribution in [3.05, 3.63) is 29.6 Å². The minimum Gasteiger partial charge on any atom is -0.444 e. The number of halogens is 1. The number of ether oxygens (including phenoxy) is 1. The van der Waals surface area contributed by atoms with Crippen LogP contribution < -0.4 is 5.32 Å². The number of benzene rings is 1. The molecule has 0 radical (unpaired) electrons. The van der Waals surface area contributed by atoms with Gasteiger partial charge < -0.3 is 10.1 Å². The molecule has 2 aliphatic rings. The van der Waals surface area contributed by atoms with Crippen molar-refractivity contribution in [1.29, 1.82) is 0 Å². The summed E-state index contributed by atoms with van der Waals surface area (Å²) in [6, 6.07) is 4.28. The lowest BCUT2D eigenvalue weighted by Crippen LogP contribution is -2.47. The van der Waals surface area contributed by atoms with Gasteiger partial charge in [0.15, 0.2) is 0 Å². The molecule has 6 heteroatoms. The van der Waals surface area contributed by atoms with Gasteiger partial charge in [0.25, 0.3) is 0 Å². The molecule has 2 amide bonds. The molecule has 1 aromatic rings. The second-order valence-electron chi connectivity index (χ2n) is 8.36. The highest BCUT2D eigenvalue weighted by Gasteiger charge is 2.50. The fraction of sp³-hybridized carbons (Fsp3) is 0.600. The Balaban J connectivity index is 1.82. The van der Waals surface area contributed by atoms with Crippen LogP contribution in [0, 0.1) is 24.6 Å². The first-order valence-corrected chi connectivity index (χ1v) is 9.23. The Morgan fingerprint density at radius 1 is 1.27 bits per heavy atom. The van der Waals surface area contributed by atoms with Gasteiger partial charge in [0, 0.05) is 6.54 Å². The highest BCUT2D eigenvalue weighted by Crippen LogP contribution is 2.43. The normalized spacial score (nSPS) is 25.1. The first-order valence-electron chi connectivity index (χ1n) is 9.23. The molecule has 5 nitrogen and oxygen atoms in total. The summed E-state index contributed by atoms with van der Waals surface area (Å²) in [6.07, 6.45) is 2.49. The molecule has 0 spiro atoms. The van der Waals surface area contributed by atoms with Crippen molar-refractivity contribution in [2.45, 2.75) is 58.6 Å². The van der Waals surface area contributed by atoms with Crippen molar-refractivity contribution in [1.82, 2.24) is 4.90 Å². The van der Waals surface area contributed by atoms with E-state index in [4.69, 9.17) is 4.74 Å². The number of likely N-dealkylation sites (tertiary alicyclic amines) is 1. The highest BCUT2D eigenvalue weighted by atomic mass is 19.1. The number of fused-ring (bicyclic) bond motifs is 1. The van der Waals surface area contributed by atoms with Crippen molar-refractivity contribution in [3.63, 3.8) is 0 Å². The molecule has 1 heterocycles. The SMILES string of the molecule is Cc1cccc(NC(=O)[C@@H]2[C@H]3CCC[C@H]3CN2C(=O)OC(C)(C)C)c1F. The van der Waals surface area contributed by atoms with Crippen LogP contribution in [0.1, 0.15) is 45.6 Å². The monoisotopic (exact) mass is 362 g/mol. The van der Waals surface area contributed by atoms with Gasteiger partial charge in [0.2, 0.25) is 5.91 Å². The Kier molecular flexibility index (Phi) is 4.95. The lowest BCUT2D eigenvalue weighted by Gasteiger charge is -2.29. The van der Waals surface area contributed by atoms with E-state index in [9.17, 15) is 14.0 Å². The quantitative estimate of drug-likeness (QED) is 0.861. The van der Waals surface area contributed by atoms with Crippen LogP contribution in [0.25, 0.3) is 0 Å². The van der Waals surface area contributed by atoms with Crippen LogP contribution in [0.3, 0.4) is 0 Å². The Labute approximate surface area is 153 Å². The summed E-state index contributed by atoms with van der Waals surface area (Å²) in [7, 11) is 0. The van der Waals surface area contributed by atoms with Crippen LogP contribution in [-0.2, 0) is 9.53 Å². The number of nitrogens with one attached hydrogen (secondary N) is 1. The maximum atomic E-state index is 14.3. The Bertz CT molecular complexity index is 713. The molecule has 1 saturated heterocycles. The fourth-order valence-electron chi connectivity index (χ4n) is 4.10. The molecule has 3 atom stereocenters. The number of hydrogen-bond acceptors (Lipinski definition) is 3. The largest absolute Gasteiger partial charge is 0.444 e. The molecule has 2 fully saturated rings. The minimum absolute atomic E-state index is 0.107. The van der Waals surface area contributed by atoms with E-state index >= 15 is 0 Å². The van der Waals surface area contributed by atoms with Gasteiger partial charge in [-0.1, -0.05) is 18.6 Å². The standard InChI is InChI=1S/C20H27FN2O3/c1-12-7-5-10-15(16(12)21)22-18(24)17-14-9-6-8-13(14)11-23(17)19(25)26-20(2,3)4/h5,7,10,13-14,17H,6,8-9,11H2,1-4H3,(H,22,24)/t13-,14-,17-/m0/s1. The Morgan fingerprint density at radius 2 is 2.00 bits per heavy atom. The van der Waals surface area contributed by atoms with E-state index in [1.807, 2.05) is 0 Å². The third-order valence-corrected chi connectivity index (χ3v) is 5.24. The third kappa shape index (κ3) is 3.69. The van der Waals surface area contributed by atoms with Crippen molar-refractivity contribution in [2.75, 3.05) is 11.9 Å². The summed E-state index contributed by atoms with van der Waals surface area (Å²) < 4.78 is 19.8. The molecular formula is C20H27FN2O3. The van der Waals surface area contributed by atoms with E-state index in [2.05, 4.69) is 5.32 Å². The Morgan fingerprint density at radius 3 is 2.69 bits per heavy atom. The van der Waals surface area contributed by atoms with Gasteiger partial charge >= 0.3 is 6.09 Å². The first kappa shape index (κ1) is 18.7. The molecule has 1 aliphatic heterocycles. The predicted molar refractivity (Wildman–Crippen MR) is 97.3 cm³/mol. The molecule has 1 aromatic carbocycles. The number of hydrogen-bond donors (Lipinski definition) is 1. The number of rotatable bonds is 2. The summed E-state index contributed by atoms with van der Waals surface area (Å²) >= 11 is 0. The second-order valence-corrected chi connectivity index (χ2v) is 8.36. The van der Waals surface area contributed by atoms with Gasteiger partial charge in [-0.15, -0.1) is 0 Å². The number of aryl methyl sites for hydroxylation is 1. The molecule has 1 saturated carbocycles. The van der Waals surface area contributed by atoms with Gasteiger partial charge in [-0.2, -0.15) is 0 Å². The van der Waals surface area contributed by atoms with Crippen LogP contribution in [-0.4, -0.2) is 35.1 Å². The molecule has 142 valence electrons. The second kappa shape index (κ2) is 6.89. The van der Waals surface area contributed by atoms with Crippen molar-refractivity contribution in [2.24, 2.45) is 11.8 Å². The van der Waals surface area contributed by atoms with Gasteiger partial charge in [-0.05, 0) is 64.0 Å². The summed E-state index contributed by atoms with van der Waals surface area (Å²) in [6.45, 7) is 7.59. The first-order chi connectivity index (χ1) is 12.2. The fourth-order valence-corrected chi connectivity index (χ4v) is 4.10. The predicted octanol–water partition coefficient (Wildman–Crippen LogP) is 4.11. The van der Waals surface area contributed by atoms with E-state index < -0.39 is 23.6 Å². The van der Waals surface area contributed by atoms with E-state index in [0.29, 0.717) is 18.0 Å². The zero-order valence-electron chi connectivity index (χ0n) is 15.8. The number of amides is 2. The molecule has 0 unspecified atom stereocenters. The van der Waals surface area contributed by atoms with Crippen molar-refractivity contribution in [3.8, 4) is 0 Å². The Hall–Kier alpha value is -2.11. The van der Waals surface area contributed by atoms with Gasteiger partial charge in [-0.25, -0.2) is 9.18 Å². The summed E-state index contributed by atoms with van der Waals surface area (Å²) in [4.78, 5) is 27.1. The number of carbonyl (C=O) groups is 2. The zero-order valence-corrected chi connectivity index (χ0v) is 15.8. The van der Waals surface area contributed by atoms with E-state index in [-0.39, 0.29) is 17.5 Å². The number of carbonyl (C=O) groups excluding carboxylic acids is 2. The average molecular weight is 362 g/mol. The van der Waals surface area contributed by atoms with Gasteiger partial charge in [0.1, 0.15) is 17.5 Å². The maximum Gasteiger partial charge on any atom is 0.410 e. The van der Waals surface area contributed by atoms with E-state index in [0.717, 1.165) is 19.3 Å². The number of nitrogens with zero attached hydrogens (tertiary/aromatic N) is 1. The highest BCUT2D eigenvalue weighted by molar-refractivity contribution is 5.97. The maximum absolute atomic E-state index is 14.3. The smallest absolute Gasteiger partial charge is 0.410 e. The van der Waals surface area contributed by atoms with Gasteiger partial charge in [0.05, 0.1) is 5.69 Å². The van der Waals surface area contributed by atoms with Gasteiger partial charge in [-0.3, -0.25) is 9.69 Å². The topological polar surface area (TPSA) is 58.6 Å². The average Bonchev–Trinajstić information content (AvgIpc) is 3.10. The van der Waals surface area contributed by atoms with Crippen LogP contribution in [0.15, 0.2) is 18.2 Å². The van der Waals surface area contributed by atoms with Crippen LogP contribution in [0.5, 0.6) is 0 Å². The molecule has 0 bridgehead atoms. The molecular weight excluding hydrogens is 335 g/mol. The zero-order chi connectivity index (χ0) is 19.1. The molecule has 3 rings (SSSR count). The van der Waals surface area contributed by atoms with E-state index in [1.54, 1.807) is 45.9 Å². The molecule has 1 aliphatic carbocycles. The lowest BCUT2D eigenvalue weighted by molar-refractivity contribution is -0.121. The number of anilines is 1. The van der Waals surface area contributed by atoms with Crippen molar-refractivity contribution < 1.29 is 18.7 Å². The third-order valence-electron chi connectivity index (χ3n) is 5.24. The van der Waals surface area contributed by atoms with Crippen LogP contribution >= 0.6 is 0 Å². The van der Waals surface area contributed by atoms with Crippen molar-refractivity contribution >= 4 is 17.7 Å². The molecule has 0 aromatic heterocycles. The summed E-state index contributed by atoms with van der Waals surface area (Å²) in [5, 5.41) is 2.69. The molecule has 26 heavy (non-hydrogen) atoms. The lowest BCUT2D eigenvalue weighted by atomic mass is 9.93. The van der Waals surface area contributed by atoms with Crippen LogP contribution in [0.4, 0.5) is 14.9 Å². The molecule has 1 N–H and O–H groups in total. The summed E-state index contributed by atoms with van der Waals surface area (Å²) in [5.74, 6) is -0.364.